The monoisotopic (exact) mass is 293 g/mol. The van der Waals surface area contributed by atoms with Crippen LogP contribution in [0.3, 0.4) is 0 Å². The Labute approximate surface area is 109 Å². The van der Waals surface area contributed by atoms with Crippen LogP contribution in [0.5, 0.6) is 0 Å². The smallest absolute Gasteiger partial charge is 0.135 e. The van der Waals surface area contributed by atoms with Gasteiger partial charge < -0.3 is 10.2 Å². The zero-order chi connectivity index (χ0) is 11.9. The first-order chi connectivity index (χ1) is 8.19. The van der Waals surface area contributed by atoms with E-state index in [4.69, 9.17) is 10.2 Å². The maximum atomic E-state index is 6.54. The van der Waals surface area contributed by atoms with Crippen molar-refractivity contribution < 1.29 is 4.42 Å². The first-order valence-electron chi connectivity index (χ1n) is 6.15. The lowest BCUT2D eigenvalue weighted by atomic mass is 9.77. The molecule has 0 amide bonds. The van der Waals surface area contributed by atoms with Crippen molar-refractivity contribution in [1.29, 1.82) is 0 Å². The molecule has 2 aromatic rings. The van der Waals surface area contributed by atoms with Crippen LogP contribution in [0.25, 0.3) is 11.0 Å². The number of benzene rings is 1. The third kappa shape index (κ3) is 1.91. The molecule has 2 nitrogen and oxygen atoms in total. The maximum Gasteiger partial charge on any atom is 0.135 e. The van der Waals surface area contributed by atoms with Crippen molar-refractivity contribution in [3.05, 3.63) is 34.5 Å². The number of hydrogen-bond acceptors (Lipinski definition) is 2. The summed E-state index contributed by atoms with van der Waals surface area (Å²) in [6, 6.07) is 6.32. The van der Waals surface area contributed by atoms with Crippen LogP contribution in [-0.4, -0.2) is 0 Å². The van der Waals surface area contributed by atoms with Crippen LogP contribution in [-0.2, 0) is 5.54 Å². The molecule has 0 unspecified atom stereocenters. The Morgan fingerprint density at radius 1 is 1.18 bits per heavy atom. The average molecular weight is 294 g/mol. The van der Waals surface area contributed by atoms with Gasteiger partial charge in [0.2, 0.25) is 0 Å². The van der Waals surface area contributed by atoms with Crippen molar-refractivity contribution in [3.63, 3.8) is 0 Å². The van der Waals surface area contributed by atoms with Gasteiger partial charge in [0.25, 0.3) is 0 Å². The van der Waals surface area contributed by atoms with Crippen molar-refractivity contribution >= 4 is 26.9 Å². The molecule has 90 valence electrons. The number of fused-ring (bicyclic) bond motifs is 1. The van der Waals surface area contributed by atoms with Gasteiger partial charge in [0.1, 0.15) is 11.8 Å². The molecule has 0 atom stereocenters. The Morgan fingerprint density at radius 2 is 1.94 bits per heavy atom. The standard InChI is InChI=1S/C14H16BrNO/c15-12-9-17-13-5-4-10(8-11(12)13)14(16)6-2-1-3-7-14/h4-5,8-9H,1-3,6-7,16H2. The molecular formula is C14H16BrNO. The van der Waals surface area contributed by atoms with E-state index in [1.54, 1.807) is 6.26 Å². The summed E-state index contributed by atoms with van der Waals surface area (Å²) in [6.45, 7) is 0. The van der Waals surface area contributed by atoms with Gasteiger partial charge in [-0.2, -0.15) is 0 Å². The third-order valence-electron chi connectivity index (χ3n) is 3.85. The van der Waals surface area contributed by atoms with E-state index in [9.17, 15) is 0 Å². The summed E-state index contributed by atoms with van der Waals surface area (Å²) < 4.78 is 6.44. The maximum absolute atomic E-state index is 6.54. The van der Waals surface area contributed by atoms with E-state index < -0.39 is 0 Å². The first kappa shape index (κ1) is 11.3. The Morgan fingerprint density at radius 3 is 2.71 bits per heavy atom. The quantitative estimate of drug-likeness (QED) is 0.851. The van der Waals surface area contributed by atoms with Crippen LogP contribution in [0.1, 0.15) is 37.7 Å². The predicted octanol–water partition coefficient (Wildman–Crippen LogP) is 4.31. The highest BCUT2D eigenvalue weighted by molar-refractivity contribution is 9.10. The molecule has 1 heterocycles. The van der Waals surface area contributed by atoms with Crippen LogP contribution >= 0.6 is 15.9 Å². The van der Waals surface area contributed by atoms with Crippen LogP contribution in [0.15, 0.2) is 33.4 Å². The molecule has 0 saturated heterocycles. The minimum absolute atomic E-state index is 0.136. The van der Waals surface area contributed by atoms with Crippen LogP contribution in [0.2, 0.25) is 0 Å². The van der Waals surface area contributed by atoms with Gasteiger partial charge in [-0.1, -0.05) is 25.3 Å². The number of rotatable bonds is 1. The molecule has 17 heavy (non-hydrogen) atoms. The lowest BCUT2D eigenvalue weighted by Crippen LogP contribution is -2.38. The van der Waals surface area contributed by atoms with Gasteiger partial charge in [0.15, 0.2) is 0 Å². The molecule has 1 aliphatic rings. The Balaban J connectivity index is 2.07. The van der Waals surface area contributed by atoms with Gasteiger partial charge in [-0.25, -0.2) is 0 Å². The fourth-order valence-electron chi connectivity index (χ4n) is 2.78. The van der Waals surface area contributed by atoms with Crippen LogP contribution in [0, 0.1) is 0 Å². The van der Waals surface area contributed by atoms with Gasteiger partial charge in [0, 0.05) is 10.9 Å². The zero-order valence-corrected chi connectivity index (χ0v) is 11.3. The summed E-state index contributed by atoms with van der Waals surface area (Å²) in [4.78, 5) is 0. The second-order valence-electron chi connectivity index (χ2n) is 5.01. The Bertz CT molecular complexity index is 540. The summed E-state index contributed by atoms with van der Waals surface area (Å²) in [6.07, 6.45) is 7.71. The molecule has 0 spiro atoms. The van der Waals surface area contributed by atoms with Crippen molar-refractivity contribution in [2.75, 3.05) is 0 Å². The van der Waals surface area contributed by atoms with Gasteiger partial charge in [-0.15, -0.1) is 0 Å². The summed E-state index contributed by atoms with van der Waals surface area (Å²) >= 11 is 3.51. The van der Waals surface area contributed by atoms with E-state index in [0.29, 0.717) is 0 Å². The topological polar surface area (TPSA) is 39.2 Å². The largest absolute Gasteiger partial charge is 0.463 e. The lowest BCUT2D eigenvalue weighted by molar-refractivity contribution is 0.302. The van der Waals surface area contributed by atoms with Gasteiger partial charge >= 0.3 is 0 Å². The number of halogens is 1. The molecule has 1 saturated carbocycles. The van der Waals surface area contributed by atoms with E-state index in [1.165, 1.54) is 24.8 Å². The summed E-state index contributed by atoms with van der Waals surface area (Å²) in [7, 11) is 0. The second-order valence-corrected chi connectivity index (χ2v) is 5.87. The summed E-state index contributed by atoms with van der Waals surface area (Å²) in [5.41, 5.74) is 8.57. The third-order valence-corrected chi connectivity index (χ3v) is 4.46. The van der Waals surface area contributed by atoms with Crippen LogP contribution < -0.4 is 5.73 Å². The minimum Gasteiger partial charge on any atom is -0.463 e. The molecule has 0 aliphatic heterocycles. The van der Waals surface area contributed by atoms with Crippen molar-refractivity contribution in [2.45, 2.75) is 37.6 Å². The van der Waals surface area contributed by atoms with Crippen molar-refractivity contribution in [1.82, 2.24) is 0 Å². The van der Waals surface area contributed by atoms with Crippen molar-refractivity contribution in [3.8, 4) is 0 Å². The normalized spacial score (nSPS) is 19.6. The van der Waals surface area contributed by atoms with E-state index in [0.717, 1.165) is 28.3 Å². The molecule has 1 aliphatic carbocycles. The SMILES string of the molecule is NC1(c2ccc3occ(Br)c3c2)CCCCC1. The number of furan rings is 1. The van der Waals surface area contributed by atoms with E-state index in [1.807, 2.05) is 6.07 Å². The fourth-order valence-corrected chi connectivity index (χ4v) is 3.18. The molecule has 1 aromatic carbocycles. The molecule has 3 rings (SSSR count). The first-order valence-corrected chi connectivity index (χ1v) is 6.94. The number of nitrogens with two attached hydrogens (primary N) is 1. The van der Waals surface area contributed by atoms with Crippen molar-refractivity contribution in [2.24, 2.45) is 5.73 Å². The number of hydrogen-bond donors (Lipinski definition) is 1. The molecule has 3 heteroatoms. The highest BCUT2D eigenvalue weighted by Gasteiger charge is 2.29. The van der Waals surface area contributed by atoms with Crippen LogP contribution in [0.4, 0.5) is 0 Å². The summed E-state index contributed by atoms with van der Waals surface area (Å²) in [5, 5.41) is 1.12. The highest BCUT2D eigenvalue weighted by atomic mass is 79.9. The minimum atomic E-state index is -0.136. The Hall–Kier alpha value is -0.800. The fraction of sp³-hybridized carbons (Fsp3) is 0.429. The van der Waals surface area contributed by atoms with Gasteiger partial charge in [0.05, 0.1) is 4.47 Å². The molecule has 1 fully saturated rings. The Kier molecular flexibility index (Phi) is 2.75. The average Bonchev–Trinajstić information content (AvgIpc) is 2.72. The van der Waals surface area contributed by atoms with E-state index in [2.05, 4.69) is 28.1 Å². The second kappa shape index (κ2) is 4.14. The van der Waals surface area contributed by atoms with Gasteiger partial charge in [-0.3, -0.25) is 0 Å². The predicted molar refractivity (Wildman–Crippen MR) is 72.9 cm³/mol. The lowest BCUT2D eigenvalue weighted by Gasteiger charge is -2.34. The molecule has 2 N–H and O–H groups in total. The van der Waals surface area contributed by atoms with E-state index >= 15 is 0 Å². The molecule has 0 radical (unpaired) electrons. The van der Waals surface area contributed by atoms with E-state index in [-0.39, 0.29) is 5.54 Å². The molecule has 0 bridgehead atoms. The highest BCUT2D eigenvalue weighted by Crippen LogP contribution is 2.37. The molecular weight excluding hydrogens is 278 g/mol. The zero-order valence-electron chi connectivity index (χ0n) is 9.71. The molecule has 1 aromatic heterocycles. The van der Waals surface area contributed by atoms with Gasteiger partial charge in [-0.05, 0) is 46.5 Å². The summed E-state index contributed by atoms with van der Waals surface area (Å²) in [5.74, 6) is 0.